The molecule has 1 aromatic heterocycles. The van der Waals surface area contributed by atoms with Crippen LogP contribution in [0, 0.1) is 24.2 Å². The minimum atomic E-state index is 0.704. The first-order valence-corrected chi connectivity index (χ1v) is 6.87. The molecule has 0 aromatic carbocycles. The van der Waals surface area contributed by atoms with Crippen molar-refractivity contribution in [2.24, 2.45) is 5.92 Å². The highest BCUT2D eigenvalue weighted by molar-refractivity contribution is 5.54. The van der Waals surface area contributed by atoms with E-state index in [1.165, 1.54) is 25.7 Å². The number of pyridine rings is 1. The van der Waals surface area contributed by atoms with Gasteiger partial charge in [-0.05, 0) is 44.2 Å². The van der Waals surface area contributed by atoms with Gasteiger partial charge in [-0.3, -0.25) is 0 Å². The van der Waals surface area contributed by atoms with E-state index in [4.69, 9.17) is 0 Å². The monoisotopic (exact) mass is 243 g/mol. The Morgan fingerprint density at radius 2 is 2.22 bits per heavy atom. The van der Waals surface area contributed by atoms with Crippen molar-refractivity contribution in [1.82, 2.24) is 4.98 Å². The molecule has 1 unspecified atom stereocenters. The molecule has 1 aromatic rings. The van der Waals surface area contributed by atoms with Gasteiger partial charge in [0.05, 0.1) is 5.56 Å². The Balaban J connectivity index is 2.21. The molecule has 18 heavy (non-hydrogen) atoms. The highest BCUT2D eigenvalue weighted by atomic mass is 15.2. The molecule has 2 heterocycles. The molecule has 1 atom stereocenters. The summed E-state index contributed by atoms with van der Waals surface area (Å²) in [7, 11) is 0. The summed E-state index contributed by atoms with van der Waals surface area (Å²) in [5.74, 6) is 1.72. The van der Waals surface area contributed by atoms with Gasteiger partial charge in [-0.1, -0.05) is 13.3 Å². The summed E-state index contributed by atoms with van der Waals surface area (Å²) in [5, 5.41) is 9.19. The van der Waals surface area contributed by atoms with E-state index in [0.717, 1.165) is 30.5 Å². The van der Waals surface area contributed by atoms with Gasteiger partial charge in [0.15, 0.2) is 0 Å². The van der Waals surface area contributed by atoms with Crippen LogP contribution in [0.25, 0.3) is 0 Å². The summed E-state index contributed by atoms with van der Waals surface area (Å²) in [6.07, 6.45) is 5.00. The number of anilines is 1. The van der Waals surface area contributed by atoms with Crippen molar-refractivity contribution in [1.29, 1.82) is 5.26 Å². The molecular weight excluding hydrogens is 222 g/mol. The Morgan fingerprint density at radius 1 is 1.39 bits per heavy atom. The van der Waals surface area contributed by atoms with Crippen LogP contribution in [0.2, 0.25) is 0 Å². The molecule has 3 nitrogen and oxygen atoms in total. The van der Waals surface area contributed by atoms with E-state index in [1.54, 1.807) is 0 Å². The minimum Gasteiger partial charge on any atom is -0.356 e. The zero-order valence-corrected chi connectivity index (χ0v) is 11.3. The molecule has 1 aliphatic heterocycles. The predicted molar refractivity (Wildman–Crippen MR) is 73.5 cm³/mol. The van der Waals surface area contributed by atoms with Crippen molar-refractivity contribution in [3.63, 3.8) is 0 Å². The maximum atomic E-state index is 9.19. The van der Waals surface area contributed by atoms with Crippen molar-refractivity contribution in [3.8, 4) is 6.07 Å². The molecule has 96 valence electrons. The van der Waals surface area contributed by atoms with Crippen LogP contribution in [-0.4, -0.2) is 18.1 Å². The van der Waals surface area contributed by atoms with Crippen LogP contribution < -0.4 is 4.90 Å². The van der Waals surface area contributed by atoms with E-state index >= 15 is 0 Å². The van der Waals surface area contributed by atoms with E-state index in [0.29, 0.717) is 5.56 Å². The van der Waals surface area contributed by atoms with Gasteiger partial charge in [0, 0.05) is 18.8 Å². The number of aryl methyl sites for hydroxylation is 1. The van der Waals surface area contributed by atoms with E-state index < -0.39 is 0 Å². The summed E-state index contributed by atoms with van der Waals surface area (Å²) in [6.45, 7) is 6.31. The fraction of sp³-hybridized carbons (Fsp3) is 0.600. The first-order chi connectivity index (χ1) is 8.74. The molecule has 1 fully saturated rings. The van der Waals surface area contributed by atoms with Crippen LogP contribution in [0.4, 0.5) is 5.82 Å². The molecule has 0 N–H and O–H groups in total. The molecule has 0 radical (unpaired) electrons. The second-order valence-electron chi connectivity index (χ2n) is 5.13. The first-order valence-electron chi connectivity index (χ1n) is 6.87. The Morgan fingerprint density at radius 3 is 2.94 bits per heavy atom. The van der Waals surface area contributed by atoms with Crippen LogP contribution in [0.1, 0.15) is 43.9 Å². The average Bonchev–Trinajstić information content (AvgIpc) is 2.63. The van der Waals surface area contributed by atoms with Gasteiger partial charge >= 0.3 is 0 Å². The lowest BCUT2D eigenvalue weighted by molar-refractivity contribution is 0.459. The number of rotatable bonds is 2. The third-order valence-electron chi connectivity index (χ3n) is 3.86. The fourth-order valence-corrected chi connectivity index (χ4v) is 2.66. The van der Waals surface area contributed by atoms with Crippen molar-refractivity contribution in [3.05, 3.63) is 23.4 Å². The number of nitrogens with zero attached hydrogens (tertiary/aromatic N) is 3. The SMILES string of the molecule is CCC1CCCN(c2nc(C)ccc2C#N)CC1. The topological polar surface area (TPSA) is 39.9 Å². The molecule has 1 aliphatic rings. The van der Waals surface area contributed by atoms with Crippen molar-refractivity contribution >= 4 is 5.82 Å². The van der Waals surface area contributed by atoms with Crippen LogP contribution in [0.15, 0.2) is 12.1 Å². The lowest BCUT2D eigenvalue weighted by Gasteiger charge is -2.23. The highest BCUT2D eigenvalue weighted by Crippen LogP contribution is 2.25. The quantitative estimate of drug-likeness (QED) is 0.800. The zero-order chi connectivity index (χ0) is 13.0. The highest BCUT2D eigenvalue weighted by Gasteiger charge is 2.19. The molecule has 3 heteroatoms. The molecular formula is C15H21N3. The zero-order valence-electron chi connectivity index (χ0n) is 11.3. The van der Waals surface area contributed by atoms with Gasteiger partial charge in [-0.25, -0.2) is 4.98 Å². The molecule has 0 amide bonds. The van der Waals surface area contributed by atoms with E-state index in [2.05, 4.69) is 22.9 Å². The lowest BCUT2D eigenvalue weighted by atomic mass is 9.98. The maximum Gasteiger partial charge on any atom is 0.146 e. The lowest BCUT2D eigenvalue weighted by Crippen LogP contribution is -2.26. The summed E-state index contributed by atoms with van der Waals surface area (Å²) in [5.41, 5.74) is 1.69. The van der Waals surface area contributed by atoms with Crippen LogP contribution >= 0.6 is 0 Å². The smallest absolute Gasteiger partial charge is 0.146 e. The van der Waals surface area contributed by atoms with Gasteiger partial charge in [-0.2, -0.15) is 5.26 Å². The Bertz CT molecular complexity index is 448. The normalized spacial score (nSPS) is 20.3. The van der Waals surface area contributed by atoms with Gasteiger partial charge < -0.3 is 4.90 Å². The summed E-state index contributed by atoms with van der Waals surface area (Å²) in [6, 6.07) is 6.06. The molecule has 0 saturated carbocycles. The molecule has 0 bridgehead atoms. The van der Waals surface area contributed by atoms with Crippen molar-refractivity contribution in [2.45, 2.75) is 39.5 Å². The van der Waals surface area contributed by atoms with Gasteiger partial charge in [0.1, 0.15) is 11.9 Å². The first kappa shape index (κ1) is 12.9. The van der Waals surface area contributed by atoms with Gasteiger partial charge in [0.25, 0.3) is 0 Å². The van der Waals surface area contributed by atoms with Crippen LogP contribution in [0.3, 0.4) is 0 Å². The van der Waals surface area contributed by atoms with Gasteiger partial charge in [0.2, 0.25) is 0 Å². The third-order valence-corrected chi connectivity index (χ3v) is 3.86. The molecule has 0 spiro atoms. The van der Waals surface area contributed by atoms with Crippen LogP contribution in [0.5, 0.6) is 0 Å². The summed E-state index contributed by atoms with van der Waals surface area (Å²) in [4.78, 5) is 6.86. The second-order valence-corrected chi connectivity index (χ2v) is 5.13. The third kappa shape index (κ3) is 2.81. The number of aromatic nitrogens is 1. The predicted octanol–water partition coefficient (Wildman–Crippen LogP) is 3.28. The second kappa shape index (κ2) is 5.86. The van der Waals surface area contributed by atoms with E-state index in [-0.39, 0.29) is 0 Å². The minimum absolute atomic E-state index is 0.704. The summed E-state index contributed by atoms with van der Waals surface area (Å²) >= 11 is 0. The number of hydrogen-bond acceptors (Lipinski definition) is 3. The molecule has 2 rings (SSSR count). The fourth-order valence-electron chi connectivity index (χ4n) is 2.66. The van der Waals surface area contributed by atoms with Crippen molar-refractivity contribution < 1.29 is 0 Å². The average molecular weight is 243 g/mol. The standard InChI is InChI=1S/C15H21N3/c1-3-13-5-4-9-18(10-8-13)15-14(11-16)7-6-12(2)17-15/h6-7,13H,3-5,8-10H2,1-2H3. The van der Waals surface area contributed by atoms with Crippen LogP contribution in [-0.2, 0) is 0 Å². The number of hydrogen-bond donors (Lipinski definition) is 0. The molecule has 1 saturated heterocycles. The summed E-state index contributed by atoms with van der Waals surface area (Å²) < 4.78 is 0. The Hall–Kier alpha value is -1.56. The number of nitriles is 1. The van der Waals surface area contributed by atoms with E-state index in [9.17, 15) is 5.26 Å². The molecule has 0 aliphatic carbocycles. The Labute approximate surface area is 109 Å². The van der Waals surface area contributed by atoms with Gasteiger partial charge in [-0.15, -0.1) is 0 Å². The largest absolute Gasteiger partial charge is 0.356 e. The maximum absolute atomic E-state index is 9.19. The van der Waals surface area contributed by atoms with Crippen molar-refractivity contribution in [2.75, 3.05) is 18.0 Å². The van der Waals surface area contributed by atoms with E-state index in [1.807, 2.05) is 19.1 Å². The Kier molecular flexibility index (Phi) is 4.19.